The molecule has 0 spiro atoms. The predicted octanol–water partition coefficient (Wildman–Crippen LogP) is 5.13. The third-order valence-electron chi connectivity index (χ3n) is 4.40. The van der Waals surface area contributed by atoms with E-state index >= 15 is 0 Å². The maximum absolute atomic E-state index is 12.4. The van der Waals surface area contributed by atoms with E-state index in [1.807, 2.05) is 6.07 Å². The van der Waals surface area contributed by atoms with Crippen LogP contribution in [0.1, 0.15) is 21.5 Å². The molecule has 0 saturated heterocycles. The molecule has 6 nitrogen and oxygen atoms in total. The van der Waals surface area contributed by atoms with Crippen LogP contribution in [0.3, 0.4) is 0 Å². The average molecular weight is 447 g/mol. The summed E-state index contributed by atoms with van der Waals surface area (Å²) in [6.45, 7) is -0.232. The van der Waals surface area contributed by atoms with Gasteiger partial charge in [-0.05, 0) is 48.0 Å². The lowest BCUT2D eigenvalue weighted by atomic mass is 10.1. The summed E-state index contributed by atoms with van der Waals surface area (Å²) in [6.07, 6.45) is 3.06. The lowest BCUT2D eigenvalue weighted by Crippen LogP contribution is -2.20. The Hall–Kier alpha value is -4.08. The van der Waals surface area contributed by atoms with E-state index in [0.29, 0.717) is 38.9 Å². The number of carbonyl (C=O) groups excluding carboxylic acids is 2. The second-order valence-electron chi connectivity index (χ2n) is 6.62. The van der Waals surface area contributed by atoms with Gasteiger partial charge in [0.2, 0.25) is 0 Å². The van der Waals surface area contributed by atoms with Crippen molar-refractivity contribution in [2.24, 2.45) is 0 Å². The van der Waals surface area contributed by atoms with E-state index in [4.69, 9.17) is 26.3 Å². The Morgan fingerprint density at radius 3 is 2.62 bits per heavy atom. The molecule has 7 heteroatoms. The van der Waals surface area contributed by atoms with Gasteiger partial charge in [-0.2, -0.15) is 5.26 Å². The summed E-state index contributed by atoms with van der Waals surface area (Å²) >= 11 is 6.04. The quantitative estimate of drug-likeness (QED) is 0.382. The number of anilines is 1. The number of amides is 1. The molecule has 1 amide bonds. The molecular formula is C25H19ClN2O4. The van der Waals surface area contributed by atoms with Crippen LogP contribution < -0.4 is 14.8 Å². The van der Waals surface area contributed by atoms with Gasteiger partial charge in [0.15, 0.2) is 23.9 Å². The summed E-state index contributed by atoms with van der Waals surface area (Å²) in [7, 11) is 1.48. The number of nitrogens with one attached hydrogen (secondary N) is 1. The molecular weight excluding hydrogens is 428 g/mol. The maximum Gasteiger partial charge on any atom is 0.262 e. The molecule has 0 aliphatic heterocycles. The van der Waals surface area contributed by atoms with Gasteiger partial charge in [0.05, 0.1) is 29.5 Å². The Morgan fingerprint density at radius 2 is 1.88 bits per heavy atom. The summed E-state index contributed by atoms with van der Waals surface area (Å²) in [5.74, 6) is 0.204. The van der Waals surface area contributed by atoms with E-state index in [-0.39, 0.29) is 18.3 Å². The summed E-state index contributed by atoms with van der Waals surface area (Å²) in [6, 6.07) is 20.5. The van der Waals surface area contributed by atoms with Crippen LogP contribution in [0.15, 0.2) is 72.8 Å². The van der Waals surface area contributed by atoms with Crippen LogP contribution in [0.5, 0.6) is 11.5 Å². The third kappa shape index (κ3) is 5.97. The Balaban J connectivity index is 1.64. The molecule has 0 unspecified atom stereocenters. The number of carbonyl (C=O) groups is 2. The number of para-hydroxylation sites is 1. The highest BCUT2D eigenvalue weighted by Gasteiger charge is 2.10. The van der Waals surface area contributed by atoms with Gasteiger partial charge in [-0.15, -0.1) is 0 Å². The first kappa shape index (κ1) is 22.6. The topological polar surface area (TPSA) is 88.4 Å². The number of nitrogens with zero attached hydrogens (tertiary/aromatic N) is 1. The highest BCUT2D eigenvalue weighted by Crippen LogP contribution is 2.29. The summed E-state index contributed by atoms with van der Waals surface area (Å²) in [4.78, 5) is 24.5. The van der Waals surface area contributed by atoms with Gasteiger partial charge in [-0.25, -0.2) is 0 Å². The first-order valence-electron chi connectivity index (χ1n) is 9.58. The van der Waals surface area contributed by atoms with Crippen LogP contribution >= 0.6 is 11.6 Å². The Bertz CT molecular complexity index is 1210. The molecule has 3 rings (SSSR count). The van der Waals surface area contributed by atoms with Crippen molar-refractivity contribution in [1.82, 2.24) is 0 Å². The molecule has 0 aliphatic rings. The fourth-order valence-corrected chi connectivity index (χ4v) is 2.99. The Morgan fingerprint density at radius 1 is 1.06 bits per heavy atom. The van der Waals surface area contributed by atoms with Crippen LogP contribution in [0.4, 0.5) is 5.69 Å². The van der Waals surface area contributed by atoms with Crippen molar-refractivity contribution in [3.05, 3.63) is 94.5 Å². The summed E-state index contributed by atoms with van der Waals surface area (Å²) < 4.78 is 10.9. The molecule has 0 radical (unpaired) electrons. The molecule has 1 N–H and O–H groups in total. The first-order valence-corrected chi connectivity index (χ1v) is 9.95. The van der Waals surface area contributed by atoms with Crippen molar-refractivity contribution in [1.29, 1.82) is 5.26 Å². The molecule has 0 fully saturated rings. The van der Waals surface area contributed by atoms with Crippen molar-refractivity contribution in [2.75, 3.05) is 19.0 Å². The standard InChI is InChI=1S/C25H19ClN2O4/c1-31-24-14-17(9-11-22(29)19-6-4-5-18(13-19)15-27)10-12-23(24)32-16-25(30)28-21-8-3-2-7-20(21)26/h2-14H,16H2,1H3,(H,28,30)/b11-9+. The van der Waals surface area contributed by atoms with Gasteiger partial charge in [-0.1, -0.05) is 48.0 Å². The minimum Gasteiger partial charge on any atom is -0.493 e. The van der Waals surface area contributed by atoms with Crippen molar-refractivity contribution in [3.63, 3.8) is 0 Å². The highest BCUT2D eigenvalue weighted by atomic mass is 35.5. The number of hydrogen-bond acceptors (Lipinski definition) is 5. The van der Waals surface area contributed by atoms with E-state index in [2.05, 4.69) is 5.32 Å². The zero-order valence-electron chi connectivity index (χ0n) is 17.2. The lowest BCUT2D eigenvalue weighted by molar-refractivity contribution is -0.118. The number of rotatable bonds is 8. The molecule has 0 aromatic heterocycles. The minimum absolute atomic E-state index is 0.224. The zero-order chi connectivity index (χ0) is 22.9. The SMILES string of the molecule is COc1cc(/C=C/C(=O)c2cccc(C#N)c2)ccc1OCC(=O)Nc1ccccc1Cl. The molecule has 0 aliphatic carbocycles. The number of ether oxygens (including phenoxy) is 2. The number of nitriles is 1. The van der Waals surface area contributed by atoms with E-state index in [0.717, 1.165) is 0 Å². The van der Waals surface area contributed by atoms with E-state index in [1.54, 1.807) is 66.7 Å². The van der Waals surface area contributed by atoms with Gasteiger partial charge < -0.3 is 14.8 Å². The molecule has 0 saturated carbocycles. The molecule has 32 heavy (non-hydrogen) atoms. The first-order chi connectivity index (χ1) is 15.5. The van der Waals surface area contributed by atoms with Crippen LogP contribution in [-0.4, -0.2) is 25.4 Å². The summed E-state index contributed by atoms with van der Waals surface area (Å²) in [5.41, 5.74) is 2.06. The zero-order valence-corrected chi connectivity index (χ0v) is 17.9. The van der Waals surface area contributed by atoms with Gasteiger partial charge in [0, 0.05) is 5.56 Å². The largest absolute Gasteiger partial charge is 0.493 e. The van der Waals surface area contributed by atoms with Crippen molar-refractivity contribution < 1.29 is 19.1 Å². The Kier molecular flexibility index (Phi) is 7.63. The van der Waals surface area contributed by atoms with Crippen molar-refractivity contribution in [2.45, 2.75) is 0 Å². The fraction of sp³-hybridized carbons (Fsp3) is 0.0800. The Labute approximate surface area is 190 Å². The number of benzene rings is 3. The van der Waals surface area contributed by atoms with E-state index in [9.17, 15) is 9.59 Å². The van der Waals surface area contributed by atoms with Gasteiger partial charge >= 0.3 is 0 Å². The number of ketones is 1. The van der Waals surface area contributed by atoms with Crippen LogP contribution in [0, 0.1) is 11.3 Å². The summed E-state index contributed by atoms with van der Waals surface area (Å²) in [5, 5.41) is 12.1. The van der Waals surface area contributed by atoms with Crippen LogP contribution in [0.25, 0.3) is 6.08 Å². The number of hydrogen-bond donors (Lipinski definition) is 1. The molecule has 0 heterocycles. The lowest BCUT2D eigenvalue weighted by Gasteiger charge is -2.12. The monoisotopic (exact) mass is 446 g/mol. The number of methoxy groups -OCH3 is 1. The van der Waals surface area contributed by atoms with Gasteiger partial charge in [0.25, 0.3) is 5.91 Å². The van der Waals surface area contributed by atoms with Crippen molar-refractivity contribution >= 4 is 35.1 Å². The average Bonchev–Trinajstić information content (AvgIpc) is 2.82. The highest BCUT2D eigenvalue weighted by molar-refractivity contribution is 6.33. The second-order valence-corrected chi connectivity index (χ2v) is 7.02. The maximum atomic E-state index is 12.4. The molecule has 3 aromatic rings. The van der Waals surface area contributed by atoms with E-state index in [1.165, 1.54) is 19.3 Å². The van der Waals surface area contributed by atoms with Crippen LogP contribution in [-0.2, 0) is 4.79 Å². The normalized spacial score (nSPS) is 10.4. The van der Waals surface area contributed by atoms with E-state index < -0.39 is 0 Å². The van der Waals surface area contributed by atoms with Gasteiger partial charge in [0.1, 0.15) is 0 Å². The number of halogens is 1. The minimum atomic E-state index is -0.366. The second kappa shape index (κ2) is 10.8. The van der Waals surface area contributed by atoms with Gasteiger partial charge in [-0.3, -0.25) is 9.59 Å². The molecule has 160 valence electrons. The van der Waals surface area contributed by atoms with Crippen molar-refractivity contribution in [3.8, 4) is 17.6 Å². The number of allylic oxidation sites excluding steroid dienone is 1. The molecule has 0 bridgehead atoms. The fourth-order valence-electron chi connectivity index (χ4n) is 2.81. The van der Waals surface area contributed by atoms with Crippen LogP contribution in [0.2, 0.25) is 5.02 Å². The predicted molar refractivity (Wildman–Crippen MR) is 123 cm³/mol. The molecule has 3 aromatic carbocycles. The smallest absolute Gasteiger partial charge is 0.262 e. The third-order valence-corrected chi connectivity index (χ3v) is 4.73. The molecule has 0 atom stereocenters.